The maximum absolute atomic E-state index is 13.2. The molecule has 1 N–H and O–H groups in total. The highest BCUT2D eigenvalue weighted by Crippen LogP contribution is 2.21. The van der Waals surface area contributed by atoms with Crippen LogP contribution in [0.4, 0.5) is 5.69 Å². The second-order valence-corrected chi connectivity index (χ2v) is 9.74. The molecule has 0 atom stereocenters. The van der Waals surface area contributed by atoms with Gasteiger partial charge in [-0.2, -0.15) is 0 Å². The van der Waals surface area contributed by atoms with Crippen molar-refractivity contribution in [1.82, 2.24) is 4.57 Å². The van der Waals surface area contributed by atoms with E-state index in [-0.39, 0.29) is 16.3 Å². The van der Waals surface area contributed by atoms with Crippen molar-refractivity contribution in [1.29, 1.82) is 0 Å². The number of aryl methyl sites for hydroxylation is 3. The summed E-state index contributed by atoms with van der Waals surface area (Å²) in [4.78, 5) is 25.5. The minimum atomic E-state index is -4.01. The lowest BCUT2D eigenvalue weighted by Crippen LogP contribution is -2.33. The van der Waals surface area contributed by atoms with Crippen LogP contribution >= 0.6 is 0 Å². The Kier molecular flexibility index (Phi) is 7.30. The number of nitrogens with one attached hydrogen (secondary N) is 1. The zero-order valence-corrected chi connectivity index (χ0v) is 19.4. The first-order valence-electron chi connectivity index (χ1n) is 10.6. The molecular formula is C25H28N2O4S. The highest BCUT2D eigenvalue weighted by Gasteiger charge is 2.26. The summed E-state index contributed by atoms with van der Waals surface area (Å²) in [6.45, 7) is 5.14. The monoisotopic (exact) mass is 452 g/mol. The summed E-state index contributed by atoms with van der Waals surface area (Å²) in [6, 6.07) is 17.1. The Morgan fingerprint density at radius 3 is 2.28 bits per heavy atom. The van der Waals surface area contributed by atoms with E-state index < -0.39 is 21.3 Å². The predicted molar refractivity (Wildman–Crippen MR) is 126 cm³/mol. The quantitative estimate of drug-likeness (QED) is 0.553. The van der Waals surface area contributed by atoms with E-state index in [1.54, 1.807) is 38.1 Å². The molecule has 0 aliphatic rings. The van der Waals surface area contributed by atoms with Crippen molar-refractivity contribution < 1.29 is 13.2 Å². The van der Waals surface area contributed by atoms with Gasteiger partial charge in [0.2, 0.25) is 15.7 Å². The van der Waals surface area contributed by atoms with Gasteiger partial charge in [0.1, 0.15) is 11.4 Å². The van der Waals surface area contributed by atoms with Gasteiger partial charge in [-0.05, 0) is 68.1 Å². The lowest BCUT2D eigenvalue weighted by Gasteiger charge is -2.15. The van der Waals surface area contributed by atoms with Crippen LogP contribution in [-0.2, 0) is 27.6 Å². The van der Waals surface area contributed by atoms with E-state index >= 15 is 0 Å². The number of aromatic nitrogens is 1. The summed E-state index contributed by atoms with van der Waals surface area (Å²) >= 11 is 0. The number of sulfone groups is 1. The molecule has 3 aromatic rings. The van der Waals surface area contributed by atoms with Crippen LogP contribution in [0.3, 0.4) is 0 Å². The van der Waals surface area contributed by atoms with Crippen LogP contribution < -0.4 is 10.9 Å². The molecule has 1 aromatic heterocycles. The first-order chi connectivity index (χ1) is 15.2. The average Bonchev–Trinajstić information content (AvgIpc) is 2.76. The van der Waals surface area contributed by atoms with Crippen molar-refractivity contribution in [2.75, 3.05) is 5.32 Å². The molecule has 0 saturated heterocycles. The van der Waals surface area contributed by atoms with Crippen molar-refractivity contribution in [2.24, 2.45) is 0 Å². The van der Waals surface area contributed by atoms with E-state index in [2.05, 4.69) is 12.2 Å². The molecule has 0 aliphatic heterocycles. The van der Waals surface area contributed by atoms with Crippen LogP contribution in [-0.4, -0.2) is 18.9 Å². The normalized spacial score (nSPS) is 11.3. The largest absolute Gasteiger partial charge is 0.325 e. The lowest BCUT2D eigenvalue weighted by molar-refractivity contribution is -0.116. The number of rotatable bonds is 8. The zero-order valence-electron chi connectivity index (χ0n) is 18.6. The fourth-order valence-electron chi connectivity index (χ4n) is 3.63. The van der Waals surface area contributed by atoms with Crippen molar-refractivity contribution in [3.8, 4) is 0 Å². The van der Waals surface area contributed by atoms with Crippen molar-refractivity contribution >= 4 is 21.4 Å². The van der Waals surface area contributed by atoms with Crippen LogP contribution in [0.1, 0.15) is 36.6 Å². The minimum Gasteiger partial charge on any atom is -0.325 e. The fraction of sp³-hybridized carbons (Fsp3) is 0.280. The first kappa shape index (κ1) is 23.5. The molecule has 32 heavy (non-hydrogen) atoms. The van der Waals surface area contributed by atoms with Crippen LogP contribution in [0.15, 0.2) is 75.2 Å². The van der Waals surface area contributed by atoms with E-state index in [1.165, 1.54) is 22.3 Å². The third kappa shape index (κ3) is 5.16. The molecule has 0 unspecified atom stereocenters. The third-order valence-corrected chi connectivity index (χ3v) is 7.26. The van der Waals surface area contributed by atoms with Crippen molar-refractivity contribution in [3.05, 3.63) is 87.8 Å². The number of amides is 1. The van der Waals surface area contributed by atoms with Gasteiger partial charge in [0.05, 0.1) is 4.90 Å². The summed E-state index contributed by atoms with van der Waals surface area (Å²) in [6.07, 6.45) is 3.21. The number of carbonyl (C=O) groups excluding carboxylic acids is 1. The maximum atomic E-state index is 13.2. The molecule has 0 spiro atoms. The molecular weight excluding hydrogens is 424 g/mol. The second kappa shape index (κ2) is 9.96. The second-order valence-electron chi connectivity index (χ2n) is 7.85. The summed E-state index contributed by atoms with van der Waals surface area (Å²) in [5.74, 6) is -0.400. The number of carbonyl (C=O) groups is 1. The molecule has 0 radical (unpaired) electrons. The number of hydrogen-bond acceptors (Lipinski definition) is 4. The van der Waals surface area contributed by atoms with E-state index in [4.69, 9.17) is 0 Å². The number of anilines is 1. The molecule has 2 aromatic carbocycles. The fourth-order valence-corrected chi connectivity index (χ4v) is 5.20. The van der Waals surface area contributed by atoms with Gasteiger partial charge in [-0.15, -0.1) is 0 Å². The summed E-state index contributed by atoms with van der Waals surface area (Å²) in [7, 11) is -4.01. The lowest BCUT2D eigenvalue weighted by atomic mass is 10.1. The molecule has 3 rings (SSSR count). The van der Waals surface area contributed by atoms with Gasteiger partial charge in [0.25, 0.3) is 5.56 Å². The van der Waals surface area contributed by atoms with Crippen LogP contribution in [0.25, 0.3) is 0 Å². The Bertz CT molecular complexity index is 1260. The Morgan fingerprint density at radius 1 is 1.00 bits per heavy atom. The summed E-state index contributed by atoms with van der Waals surface area (Å²) in [5.41, 5.74) is 2.01. The zero-order chi connectivity index (χ0) is 23.3. The van der Waals surface area contributed by atoms with Crippen molar-refractivity contribution in [3.63, 3.8) is 0 Å². The highest BCUT2D eigenvalue weighted by atomic mass is 32.2. The standard InChI is InChI=1S/C25H28N2O4S/c1-4-5-9-20-12-14-21(15-13-20)26-23(28)17-27-19(3)16-18(2)24(25(27)29)32(30,31)22-10-7-6-8-11-22/h6-8,10-16H,4-5,9,17H2,1-3H3,(H,26,28). The first-order valence-corrected chi connectivity index (χ1v) is 12.1. The molecule has 168 valence electrons. The van der Waals surface area contributed by atoms with Gasteiger partial charge in [0.15, 0.2) is 0 Å². The van der Waals surface area contributed by atoms with Crippen molar-refractivity contribution in [2.45, 2.75) is 56.4 Å². The molecule has 0 aliphatic carbocycles. The molecule has 6 nitrogen and oxygen atoms in total. The summed E-state index contributed by atoms with van der Waals surface area (Å²) < 4.78 is 27.4. The van der Waals surface area contributed by atoms with Gasteiger partial charge >= 0.3 is 0 Å². The van der Waals surface area contributed by atoms with Crippen LogP contribution in [0, 0.1) is 13.8 Å². The highest BCUT2D eigenvalue weighted by molar-refractivity contribution is 7.91. The molecule has 7 heteroatoms. The van der Waals surface area contributed by atoms with Crippen LogP contribution in [0.5, 0.6) is 0 Å². The number of hydrogen-bond donors (Lipinski definition) is 1. The molecule has 1 amide bonds. The maximum Gasteiger partial charge on any atom is 0.270 e. The van der Waals surface area contributed by atoms with E-state index in [9.17, 15) is 18.0 Å². The number of benzene rings is 2. The third-order valence-electron chi connectivity index (χ3n) is 5.33. The minimum absolute atomic E-state index is 0.0446. The molecule has 1 heterocycles. The predicted octanol–water partition coefficient (Wildman–Crippen LogP) is 4.28. The van der Waals surface area contributed by atoms with E-state index in [1.807, 2.05) is 24.3 Å². The summed E-state index contributed by atoms with van der Waals surface area (Å²) in [5, 5.41) is 2.78. The number of pyridine rings is 1. The van der Waals surface area contributed by atoms with Gasteiger partial charge in [0, 0.05) is 11.4 Å². The topological polar surface area (TPSA) is 85.2 Å². The van der Waals surface area contributed by atoms with Gasteiger partial charge in [-0.1, -0.05) is 43.7 Å². The Balaban J connectivity index is 1.86. The molecule has 0 fully saturated rings. The van der Waals surface area contributed by atoms with E-state index in [0.29, 0.717) is 16.9 Å². The Labute approximate surface area is 188 Å². The Hall–Kier alpha value is -3.19. The number of nitrogens with zero attached hydrogens (tertiary/aromatic N) is 1. The molecule has 0 bridgehead atoms. The van der Waals surface area contributed by atoms with Gasteiger partial charge < -0.3 is 9.88 Å². The Morgan fingerprint density at radius 2 is 1.66 bits per heavy atom. The van der Waals surface area contributed by atoms with Gasteiger partial charge in [-0.25, -0.2) is 8.42 Å². The average molecular weight is 453 g/mol. The smallest absolute Gasteiger partial charge is 0.270 e. The SMILES string of the molecule is CCCCc1ccc(NC(=O)Cn2c(C)cc(C)c(S(=O)(=O)c3ccccc3)c2=O)cc1. The number of unbranched alkanes of at least 4 members (excludes halogenated alkanes) is 1. The van der Waals surface area contributed by atoms with Crippen LogP contribution in [0.2, 0.25) is 0 Å². The molecule has 0 saturated carbocycles. The van der Waals surface area contributed by atoms with E-state index in [0.717, 1.165) is 19.3 Å². The van der Waals surface area contributed by atoms with Gasteiger partial charge in [-0.3, -0.25) is 9.59 Å².